The van der Waals surface area contributed by atoms with Crippen LogP contribution in [0.2, 0.25) is 0 Å². The van der Waals surface area contributed by atoms with Crippen LogP contribution in [0.4, 0.5) is 0 Å². The fraction of sp³-hybridized carbons (Fsp3) is 0.526. The van der Waals surface area contributed by atoms with Crippen molar-refractivity contribution in [3.8, 4) is 0 Å². The minimum atomic E-state index is -0.585. The quantitative estimate of drug-likeness (QED) is 0.243. The van der Waals surface area contributed by atoms with Gasteiger partial charge in [0.05, 0.1) is 26.4 Å². The Bertz CT molecular complexity index is 745. The summed E-state index contributed by atoms with van der Waals surface area (Å²) >= 11 is 4.94. The number of carbonyl (C=O) groups excluding carboxylic acids is 3. The van der Waals surface area contributed by atoms with E-state index in [1.54, 1.807) is 22.7 Å². The number of fused-ring (bicyclic) bond motifs is 1. The number of alkyl halides is 1. The number of hydrogen-bond acceptors (Lipinski definition) is 6. The highest BCUT2D eigenvalue weighted by Gasteiger charge is 2.39. The summed E-state index contributed by atoms with van der Waals surface area (Å²) in [5.74, 6) is -0.0462. The summed E-state index contributed by atoms with van der Waals surface area (Å²) in [4.78, 5) is 38.9. The third-order valence-electron chi connectivity index (χ3n) is 4.62. The molecule has 1 saturated heterocycles. The van der Waals surface area contributed by atoms with Crippen molar-refractivity contribution in [1.29, 1.82) is 0 Å². The van der Waals surface area contributed by atoms with Crippen molar-refractivity contribution in [3.05, 3.63) is 29.3 Å². The first kappa shape index (κ1) is 21.3. The summed E-state index contributed by atoms with van der Waals surface area (Å²) < 4.78 is 10.9. The Hall–Kier alpha value is -1.42. The SMILES string of the molecule is O=C1CCC(N2Cc3c(SCCOCCOCCBr)cccc3C2=O)C(=O)N1. The Morgan fingerprint density at radius 2 is 1.93 bits per heavy atom. The van der Waals surface area contributed by atoms with E-state index in [-0.39, 0.29) is 24.1 Å². The van der Waals surface area contributed by atoms with Crippen LogP contribution in [0.3, 0.4) is 0 Å². The summed E-state index contributed by atoms with van der Waals surface area (Å²) in [6, 6.07) is 5.07. The van der Waals surface area contributed by atoms with Crippen LogP contribution in [0.5, 0.6) is 0 Å². The molecule has 1 N–H and O–H groups in total. The molecule has 1 unspecified atom stereocenters. The topological polar surface area (TPSA) is 84.9 Å². The Kier molecular flexibility index (Phi) is 7.90. The molecule has 152 valence electrons. The van der Waals surface area contributed by atoms with Crippen LogP contribution >= 0.6 is 27.7 Å². The van der Waals surface area contributed by atoms with Gasteiger partial charge in [0.2, 0.25) is 11.8 Å². The molecule has 0 aromatic heterocycles. The molecule has 0 saturated carbocycles. The molecule has 1 atom stereocenters. The molecule has 1 aromatic rings. The van der Waals surface area contributed by atoms with Crippen molar-refractivity contribution in [3.63, 3.8) is 0 Å². The second-order valence-corrected chi connectivity index (χ2v) is 8.37. The molecule has 0 spiro atoms. The van der Waals surface area contributed by atoms with Crippen molar-refractivity contribution < 1.29 is 23.9 Å². The maximum Gasteiger partial charge on any atom is 0.255 e. The van der Waals surface area contributed by atoms with Crippen LogP contribution in [0, 0.1) is 0 Å². The lowest BCUT2D eigenvalue weighted by Crippen LogP contribution is -2.52. The highest BCUT2D eigenvalue weighted by Crippen LogP contribution is 2.34. The largest absolute Gasteiger partial charge is 0.378 e. The van der Waals surface area contributed by atoms with E-state index in [1.165, 1.54) is 0 Å². The van der Waals surface area contributed by atoms with E-state index in [1.807, 2.05) is 12.1 Å². The maximum atomic E-state index is 12.8. The van der Waals surface area contributed by atoms with Gasteiger partial charge in [0.15, 0.2) is 0 Å². The van der Waals surface area contributed by atoms with Crippen molar-refractivity contribution >= 4 is 45.4 Å². The normalized spacial score (nSPS) is 19.1. The number of imide groups is 1. The van der Waals surface area contributed by atoms with Gasteiger partial charge in [-0.2, -0.15) is 0 Å². The van der Waals surface area contributed by atoms with E-state index in [2.05, 4.69) is 21.2 Å². The minimum Gasteiger partial charge on any atom is -0.378 e. The third kappa shape index (κ3) is 5.14. The number of rotatable bonds is 10. The number of benzene rings is 1. The van der Waals surface area contributed by atoms with Gasteiger partial charge < -0.3 is 14.4 Å². The third-order valence-corrected chi connectivity index (χ3v) is 6.01. The first-order valence-corrected chi connectivity index (χ1v) is 11.3. The Labute approximate surface area is 176 Å². The van der Waals surface area contributed by atoms with Gasteiger partial charge >= 0.3 is 0 Å². The fourth-order valence-corrected chi connectivity index (χ4v) is 4.45. The monoisotopic (exact) mass is 470 g/mol. The number of nitrogens with one attached hydrogen (secondary N) is 1. The average molecular weight is 471 g/mol. The molecule has 3 amide bonds. The number of thioether (sulfide) groups is 1. The van der Waals surface area contributed by atoms with E-state index in [0.29, 0.717) is 45.0 Å². The summed E-state index contributed by atoms with van der Waals surface area (Å²) in [7, 11) is 0. The highest BCUT2D eigenvalue weighted by atomic mass is 79.9. The minimum absolute atomic E-state index is 0.146. The van der Waals surface area contributed by atoms with Crippen LogP contribution < -0.4 is 5.32 Å². The van der Waals surface area contributed by atoms with Gasteiger partial charge in [-0.15, -0.1) is 11.8 Å². The Morgan fingerprint density at radius 1 is 1.14 bits per heavy atom. The van der Waals surface area contributed by atoms with Gasteiger partial charge in [0.25, 0.3) is 5.91 Å². The molecule has 1 fully saturated rings. The van der Waals surface area contributed by atoms with Gasteiger partial charge in [-0.3, -0.25) is 19.7 Å². The van der Waals surface area contributed by atoms with Gasteiger partial charge in [-0.1, -0.05) is 22.0 Å². The highest BCUT2D eigenvalue weighted by molar-refractivity contribution is 9.09. The van der Waals surface area contributed by atoms with Crippen molar-refractivity contribution in [2.24, 2.45) is 0 Å². The maximum absolute atomic E-state index is 12.8. The van der Waals surface area contributed by atoms with Crippen LogP contribution in [0.25, 0.3) is 0 Å². The van der Waals surface area contributed by atoms with E-state index in [4.69, 9.17) is 9.47 Å². The summed E-state index contributed by atoms with van der Waals surface area (Å²) in [6.45, 7) is 2.79. The number of carbonyl (C=O) groups is 3. The molecule has 3 rings (SSSR count). The predicted molar refractivity (Wildman–Crippen MR) is 109 cm³/mol. The Morgan fingerprint density at radius 3 is 2.68 bits per heavy atom. The molecule has 28 heavy (non-hydrogen) atoms. The second kappa shape index (κ2) is 10.4. The molecule has 7 nitrogen and oxygen atoms in total. The molecule has 0 bridgehead atoms. The van der Waals surface area contributed by atoms with Gasteiger partial charge in [-0.05, 0) is 24.1 Å². The summed E-state index contributed by atoms with van der Waals surface area (Å²) in [5, 5.41) is 3.14. The predicted octanol–water partition coefficient (Wildman–Crippen LogP) is 1.97. The number of hydrogen-bond donors (Lipinski definition) is 1. The number of amides is 3. The lowest BCUT2D eigenvalue weighted by atomic mass is 10.0. The molecule has 0 radical (unpaired) electrons. The molecular formula is C19H23BrN2O5S. The second-order valence-electron chi connectivity index (χ2n) is 6.44. The Balaban J connectivity index is 1.54. The molecule has 1 aromatic carbocycles. The number of nitrogens with zero attached hydrogens (tertiary/aromatic N) is 1. The standard InChI is InChI=1S/C19H23BrN2O5S/c20-6-7-26-8-9-27-10-11-28-16-3-1-2-13-14(16)12-22(19(13)25)15-4-5-17(23)21-18(15)24/h1-3,15H,4-12H2,(H,21,23,24). The first-order valence-electron chi connectivity index (χ1n) is 9.22. The van der Waals surface area contributed by atoms with Crippen LogP contribution in [-0.2, 0) is 25.6 Å². The molecular weight excluding hydrogens is 448 g/mol. The molecule has 9 heteroatoms. The zero-order valence-electron chi connectivity index (χ0n) is 15.4. The zero-order valence-corrected chi connectivity index (χ0v) is 17.9. The van der Waals surface area contributed by atoms with E-state index < -0.39 is 6.04 Å². The summed E-state index contributed by atoms with van der Waals surface area (Å²) in [6.07, 6.45) is 0.632. The van der Waals surface area contributed by atoms with Crippen molar-refractivity contribution in [2.75, 3.05) is 37.5 Å². The van der Waals surface area contributed by atoms with Crippen molar-refractivity contribution in [1.82, 2.24) is 10.2 Å². The summed E-state index contributed by atoms with van der Waals surface area (Å²) in [5.41, 5.74) is 1.58. The lowest BCUT2D eigenvalue weighted by molar-refractivity contribution is -0.136. The first-order chi connectivity index (χ1) is 13.6. The molecule has 2 aliphatic heterocycles. The van der Waals surface area contributed by atoms with E-state index >= 15 is 0 Å². The van der Waals surface area contributed by atoms with E-state index in [9.17, 15) is 14.4 Å². The van der Waals surface area contributed by atoms with Crippen molar-refractivity contribution in [2.45, 2.75) is 30.3 Å². The molecule has 2 heterocycles. The molecule has 0 aliphatic carbocycles. The van der Waals surface area contributed by atoms with Gasteiger partial charge in [0, 0.05) is 34.5 Å². The van der Waals surface area contributed by atoms with E-state index in [0.717, 1.165) is 21.5 Å². The molecule has 2 aliphatic rings. The number of ether oxygens (including phenoxy) is 2. The van der Waals surface area contributed by atoms with Gasteiger partial charge in [-0.25, -0.2) is 0 Å². The van der Waals surface area contributed by atoms with Crippen LogP contribution in [-0.4, -0.2) is 66.2 Å². The lowest BCUT2D eigenvalue weighted by Gasteiger charge is -2.29. The zero-order chi connectivity index (χ0) is 19.9. The number of halogens is 1. The fourth-order valence-electron chi connectivity index (χ4n) is 3.28. The number of piperidine rings is 1. The van der Waals surface area contributed by atoms with Crippen LogP contribution in [0.1, 0.15) is 28.8 Å². The average Bonchev–Trinajstić information content (AvgIpc) is 3.01. The van der Waals surface area contributed by atoms with Gasteiger partial charge in [0.1, 0.15) is 6.04 Å². The van der Waals surface area contributed by atoms with Crippen LogP contribution in [0.15, 0.2) is 23.1 Å². The smallest absolute Gasteiger partial charge is 0.255 e.